The van der Waals surface area contributed by atoms with Crippen LogP contribution in [0.3, 0.4) is 0 Å². The van der Waals surface area contributed by atoms with E-state index in [1.165, 1.54) is 23.8 Å². The van der Waals surface area contributed by atoms with Gasteiger partial charge in [0.1, 0.15) is 5.82 Å². The molecule has 1 N–H and O–H groups in total. The molecule has 3 heterocycles. The first-order valence-corrected chi connectivity index (χ1v) is 9.22. The first-order valence-electron chi connectivity index (χ1n) is 8.41. The largest absolute Gasteiger partial charge is 0.340 e. The fourth-order valence-corrected chi connectivity index (χ4v) is 4.24. The summed E-state index contributed by atoms with van der Waals surface area (Å²) in [5.74, 6) is 0.820. The van der Waals surface area contributed by atoms with Crippen LogP contribution in [0.25, 0.3) is 11.0 Å². The maximum Gasteiger partial charge on any atom is 0.264 e. The van der Waals surface area contributed by atoms with Crippen LogP contribution in [0.1, 0.15) is 56.5 Å². The van der Waals surface area contributed by atoms with Gasteiger partial charge in [0.15, 0.2) is 5.78 Å². The Hall–Kier alpha value is -2.47. The van der Waals surface area contributed by atoms with Gasteiger partial charge in [-0.15, -0.1) is 11.3 Å². The molecule has 1 saturated heterocycles. The van der Waals surface area contributed by atoms with Crippen LogP contribution in [0.4, 0.5) is 0 Å². The average Bonchev–Trinajstić information content (AvgIpc) is 3.31. The topological polar surface area (TPSA) is 66.1 Å². The highest BCUT2D eigenvalue weighted by molar-refractivity contribution is 7.15. The smallest absolute Gasteiger partial charge is 0.264 e. The number of hydrogen-bond donors (Lipinski definition) is 1. The van der Waals surface area contributed by atoms with E-state index < -0.39 is 0 Å². The van der Waals surface area contributed by atoms with Gasteiger partial charge < -0.3 is 9.88 Å². The number of benzene rings is 1. The Kier molecular flexibility index (Phi) is 3.92. The quantitative estimate of drug-likeness (QED) is 0.721. The number of imidazole rings is 1. The van der Waals surface area contributed by atoms with Crippen molar-refractivity contribution >= 4 is 34.1 Å². The van der Waals surface area contributed by atoms with Crippen molar-refractivity contribution in [2.24, 2.45) is 0 Å². The minimum absolute atomic E-state index is 0.00493. The number of likely N-dealkylation sites (tertiary alicyclic amines) is 1. The molecule has 1 atom stereocenters. The second-order valence-electron chi connectivity index (χ2n) is 6.52. The Morgan fingerprint density at radius 1 is 1.24 bits per heavy atom. The number of thiophene rings is 1. The van der Waals surface area contributed by atoms with Gasteiger partial charge in [0.2, 0.25) is 0 Å². The normalized spacial score (nSPS) is 17.4. The van der Waals surface area contributed by atoms with E-state index in [0.717, 1.165) is 29.7 Å². The van der Waals surface area contributed by atoms with Gasteiger partial charge in [0, 0.05) is 6.54 Å². The van der Waals surface area contributed by atoms with Crippen molar-refractivity contribution in [1.82, 2.24) is 14.9 Å². The van der Waals surface area contributed by atoms with Crippen molar-refractivity contribution in [1.29, 1.82) is 0 Å². The van der Waals surface area contributed by atoms with Crippen molar-refractivity contribution in [3.63, 3.8) is 0 Å². The molecular weight excluding hydrogens is 334 g/mol. The Morgan fingerprint density at radius 2 is 2.04 bits per heavy atom. The first kappa shape index (κ1) is 16.0. The molecule has 1 aliphatic heterocycles. The van der Waals surface area contributed by atoms with E-state index in [1.807, 2.05) is 17.0 Å². The molecule has 0 aliphatic carbocycles. The lowest BCUT2D eigenvalue weighted by molar-refractivity contribution is 0.0735. The fourth-order valence-electron chi connectivity index (χ4n) is 3.38. The molecule has 1 fully saturated rings. The molecule has 6 heteroatoms. The van der Waals surface area contributed by atoms with Gasteiger partial charge in [-0.1, -0.05) is 6.07 Å². The maximum absolute atomic E-state index is 12.9. The number of aryl methyl sites for hydroxylation is 1. The number of H-pyrrole nitrogens is 1. The monoisotopic (exact) mass is 353 g/mol. The highest BCUT2D eigenvalue weighted by atomic mass is 32.1. The van der Waals surface area contributed by atoms with Gasteiger partial charge >= 0.3 is 0 Å². The third-order valence-electron chi connectivity index (χ3n) is 4.65. The van der Waals surface area contributed by atoms with Crippen molar-refractivity contribution in [3.05, 3.63) is 51.5 Å². The molecule has 0 saturated carbocycles. The summed E-state index contributed by atoms with van der Waals surface area (Å²) in [4.78, 5) is 35.6. The minimum Gasteiger partial charge on any atom is -0.340 e. The molecule has 1 amide bonds. The van der Waals surface area contributed by atoms with E-state index in [4.69, 9.17) is 4.98 Å². The zero-order valence-electron chi connectivity index (χ0n) is 14.2. The highest BCUT2D eigenvalue weighted by Gasteiger charge is 2.33. The first-order chi connectivity index (χ1) is 12.0. The van der Waals surface area contributed by atoms with E-state index in [0.29, 0.717) is 16.3 Å². The number of nitrogens with zero attached hydrogens (tertiary/aromatic N) is 2. The van der Waals surface area contributed by atoms with E-state index in [9.17, 15) is 9.59 Å². The molecule has 0 bridgehead atoms. The second kappa shape index (κ2) is 6.11. The molecule has 25 heavy (non-hydrogen) atoms. The standard InChI is InChI=1S/C19H19N3O2S/c1-11-5-6-13-14(10-11)21-18(20-13)15-4-3-9-22(15)19(24)17-8-7-16(25-17)12(2)23/h5-8,10,15H,3-4,9H2,1-2H3,(H,20,21). The SMILES string of the molecule is CC(=O)c1ccc(C(=O)N2CCCC2c2nc3ccc(C)cc3[nH]2)s1. The molecule has 5 nitrogen and oxygen atoms in total. The summed E-state index contributed by atoms with van der Waals surface area (Å²) in [5, 5.41) is 0. The predicted molar refractivity (Wildman–Crippen MR) is 98.2 cm³/mol. The van der Waals surface area contributed by atoms with Crippen LogP contribution in [0.15, 0.2) is 30.3 Å². The molecule has 1 aromatic carbocycles. The molecule has 4 rings (SSSR count). The summed E-state index contributed by atoms with van der Waals surface area (Å²) in [5.41, 5.74) is 3.11. The lowest BCUT2D eigenvalue weighted by Crippen LogP contribution is -2.30. The Morgan fingerprint density at radius 3 is 2.80 bits per heavy atom. The van der Waals surface area contributed by atoms with Crippen LogP contribution >= 0.6 is 11.3 Å². The molecule has 3 aromatic rings. The van der Waals surface area contributed by atoms with Crippen LogP contribution in [-0.4, -0.2) is 33.1 Å². The number of nitrogens with one attached hydrogen (secondary N) is 1. The number of fused-ring (bicyclic) bond motifs is 1. The molecular formula is C19H19N3O2S. The molecule has 128 valence electrons. The second-order valence-corrected chi connectivity index (χ2v) is 7.60. The molecule has 1 unspecified atom stereocenters. The number of carbonyl (C=O) groups is 2. The van der Waals surface area contributed by atoms with E-state index in [2.05, 4.69) is 18.0 Å². The zero-order valence-corrected chi connectivity index (χ0v) is 15.0. The van der Waals surface area contributed by atoms with Gasteiger partial charge in [0.05, 0.1) is 26.8 Å². The van der Waals surface area contributed by atoms with Crippen LogP contribution < -0.4 is 0 Å². The van der Waals surface area contributed by atoms with Crippen molar-refractivity contribution < 1.29 is 9.59 Å². The third-order valence-corrected chi connectivity index (χ3v) is 5.82. The summed E-state index contributed by atoms with van der Waals surface area (Å²) in [7, 11) is 0. The maximum atomic E-state index is 12.9. The zero-order chi connectivity index (χ0) is 17.6. The number of rotatable bonds is 3. The third kappa shape index (κ3) is 2.87. The van der Waals surface area contributed by atoms with Crippen molar-refractivity contribution in [3.8, 4) is 0 Å². The van der Waals surface area contributed by atoms with Gasteiger partial charge in [0.25, 0.3) is 5.91 Å². The summed E-state index contributed by atoms with van der Waals surface area (Å²) < 4.78 is 0. The molecule has 0 spiro atoms. The highest BCUT2D eigenvalue weighted by Crippen LogP contribution is 2.34. The Balaban J connectivity index is 1.64. The van der Waals surface area contributed by atoms with Gasteiger partial charge in [-0.25, -0.2) is 4.98 Å². The lowest BCUT2D eigenvalue weighted by atomic mass is 10.2. The van der Waals surface area contributed by atoms with Crippen molar-refractivity contribution in [2.75, 3.05) is 6.54 Å². The lowest BCUT2D eigenvalue weighted by Gasteiger charge is -2.22. The molecule has 0 radical (unpaired) electrons. The summed E-state index contributed by atoms with van der Waals surface area (Å²) in [6.45, 7) is 4.29. The number of aromatic nitrogens is 2. The Bertz CT molecular complexity index is 972. The summed E-state index contributed by atoms with van der Waals surface area (Å²) >= 11 is 1.27. The fraction of sp³-hybridized carbons (Fsp3) is 0.316. The number of aromatic amines is 1. The van der Waals surface area contributed by atoms with Crippen LogP contribution in [0.5, 0.6) is 0 Å². The van der Waals surface area contributed by atoms with Crippen LogP contribution in [0.2, 0.25) is 0 Å². The van der Waals surface area contributed by atoms with Gasteiger partial charge in [-0.2, -0.15) is 0 Å². The molecule has 1 aliphatic rings. The van der Waals surface area contributed by atoms with Crippen molar-refractivity contribution in [2.45, 2.75) is 32.7 Å². The average molecular weight is 353 g/mol. The molecule has 2 aromatic heterocycles. The summed E-state index contributed by atoms with van der Waals surface area (Å²) in [6, 6.07) is 9.56. The van der Waals surface area contributed by atoms with Gasteiger partial charge in [-0.3, -0.25) is 9.59 Å². The number of Topliss-reactive ketones (excluding diaryl/α,β-unsaturated/α-hetero) is 1. The number of carbonyl (C=O) groups excluding carboxylic acids is 2. The predicted octanol–water partition coefficient (Wildman–Crippen LogP) is 4.11. The number of amides is 1. The number of hydrogen-bond acceptors (Lipinski definition) is 4. The van der Waals surface area contributed by atoms with Crippen LogP contribution in [0, 0.1) is 6.92 Å². The van der Waals surface area contributed by atoms with Gasteiger partial charge in [-0.05, 0) is 56.5 Å². The minimum atomic E-state index is -0.0388. The number of ketones is 1. The summed E-state index contributed by atoms with van der Waals surface area (Å²) in [6.07, 6.45) is 1.85. The Labute approximate surface area is 149 Å². The van der Waals surface area contributed by atoms with Crippen LogP contribution in [-0.2, 0) is 0 Å². The van der Waals surface area contributed by atoms with E-state index in [1.54, 1.807) is 12.1 Å². The van der Waals surface area contributed by atoms with E-state index >= 15 is 0 Å². The van der Waals surface area contributed by atoms with E-state index in [-0.39, 0.29) is 17.7 Å².